The molecule has 0 spiro atoms. The molecule has 82 valence electrons. The molecule has 0 bridgehead atoms. The molecule has 0 N–H and O–H groups in total. The highest BCUT2D eigenvalue weighted by atomic mass is 32.2. The van der Waals surface area contributed by atoms with Gasteiger partial charge in [-0.25, -0.2) is 0 Å². The number of rotatable bonds is 6. The third kappa shape index (κ3) is 4.65. The van der Waals surface area contributed by atoms with Gasteiger partial charge in [-0.15, -0.1) is 0 Å². The maximum atomic E-state index is 11.5. The number of nitrogens with zero attached hydrogens (tertiary/aromatic N) is 1. The maximum Gasteiger partial charge on any atom is 0.230 e. The van der Waals surface area contributed by atoms with E-state index < -0.39 is 0 Å². The molecule has 1 unspecified atom stereocenters. The summed E-state index contributed by atoms with van der Waals surface area (Å²) < 4.78 is 0. The molecule has 14 heavy (non-hydrogen) atoms. The first kappa shape index (κ1) is 13.5. The van der Waals surface area contributed by atoms with Gasteiger partial charge in [0.05, 0.1) is 6.42 Å². The zero-order valence-corrected chi connectivity index (χ0v) is 10.2. The van der Waals surface area contributed by atoms with Gasteiger partial charge in [0.25, 0.3) is 0 Å². The molecule has 0 heterocycles. The van der Waals surface area contributed by atoms with Crippen LogP contribution in [0, 0.1) is 0 Å². The molecule has 0 rings (SSSR count). The minimum Gasteiger partial charge on any atom is -0.342 e. The van der Waals surface area contributed by atoms with Crippen molar-refractivity contribution in [3.63, 3.8) is 0 Å². The van der Waals surface area contributed by atoms with Gasteiger partial charge in [-0.3, -0.25) is 9.59 Å². The molecule has 0 aliphatic rings. The van der Waals surface area contributed by atoms with Crippen molar-refractivity contribution in [2.24, 2.45) is 0 Å². The minimum absolute atomic E-state index is 0.0291. The van der Waals surface area contributed by atoms with Crippen molar-refractivity contribution in [3.05, 3.63) is 0 Å². The van der Waals surface area contributed by atoms with Gasteiger partial charge in [-0.1, -0.05) is 6.92 Å². The second-order valence-corrected chi connectivity index (χ2v) is 4.31. The monoisotopic (exact) mass is 217 g/mol. The molecule has 0 aromatic heterocycles. The standard InChI is InChI=1S/C10H19NO2S/c1-5-9(7-14-4)11(3)10(13)6-8(2)12/h9H,5-7H2,1-4H3. The van der Waals surface area contributed by atoms with Crippen LogP contribution in [0.4, 0.5) is 0 Å². The van der Waals surface area contributed by atoms with E-state index in [0.29, 0.717) is 0 Å². The Bertz CT molecular complexity index is 206. The molecule has 0 saturated heterocycles. The van der Waals surface area contributed by atoms with Crippen molar-refractivity contribution in [2.45, 2.75) is 32.7 Å². The zero-order chi connectivity index (χ0) is 11.1. The van der Waals surface area contributed by atoms with E-state index in [2.05, 4.69) is 6.92 Å². The molecule has 0 fully saturated rings. The molecule has 0 aromatic carbocycles. The molecule has 1 atom stereocenters. The van der Waals surface area contributed by atoms with Crippen molar-refractivity contribution in [1.82, 2.24) is 4.90 Å². The van der Waals surface area contributed by atoms with Crippen LogP contribution in [0.1, 0.15) is 26.7 Å². The van der Waals surface area contributed by atoms with Gasteiger partial charge in [0.2, 0.25) is 5.91 Å². The lowest BCUT2D eigenvalue weighted by Gasteiger charge is -2.26. The van der Waals surface area contributed by atoms with E-state index >= 15 is 0 Å². The normalized spacial score (nSPS) is 12.3. The molecule has 0 aliphatic carbocycles. The Kier molecular flexibility index (Phi) is 6.62. The highest BCUT2D eigenvalue weighted by Gasteiger charge is 2.18. The first-order chi connectivity index (χ1) is 6.52. The number of amides is 1. The maximum absolute atomic E-state index is 11.5. The molecule has 0 saturated carbocycles. The van der Waals surface area contributed by atoms with Crippen LogP contribution < -0.4 is 0 Å². The third-order valence-corrected chi connectivity index (χ3v) is 2.89. The SMILES string of the molecule is CCC(CSC)N(C)C(=O)CC(C)=O. The highest BCUT2D eigenvalue weighted by Crippen LogP contribution is 2.09. The van der Waals surface area contributed by atoms with Crippen LogP contribution in [0.25, 0.3) is 0 Å². The Balaban J connectivity index is 4.18. The molecular formula is C10H19NO2S. The van der Waals surface area contributed by atoms with E-state index in [1.54, 1.807) is 23.7 Å². The van der Waals surface area contributed by atoms with Gasteiger partial charge >= 0.3 is 0 Å². The van der Waals surface area contributed by atoms with Crippen molar-refractivity contribution in [3.8, 4) is 0 Å². The molecule has 0 aromatic rings. The Hall–Kier alpha value is -0.510. The van der Waals surface area contributed by atoms with E-state index in [9.17, 15) is 9.59 Å². The predicted octanol–water partition coefficient (Wildman–Crippen LogP) is 1.57. The fourth-order valence-electron chi connectivity index (χ4n) is 1.24. The van der Waals surface area contributed by atoms with Crippen molar-refractivity contribution < 1.29 is 9.59 Å². The van der Waals surface area contributed by atoms with Crippen LogP contribution in [-0.4, -0.2) is 41.7 Å². The van der Waals surface area contributed by atoms with Crippen LogP contribution in [0.3, 0.4) is 0 Å². The van der Waals surface area contributed by atoms with E-state index in [1.165, 1.54) is 6.92 Å². The smallest absolute Gasteiger partial charge is 0.230 e. The van der Waals surface area contributed by atoms with Gasteiger partial charge in [0, 0.05) is 18.8 Å². The fourth-order valence-corrected chi connectivity index (χ4v) is 2.08. The first-order valence-electron chi connectivity index (χ1n) is 4.76. The minimum atomic E-state index is -0.0709. The summed E-state index contributed by atoms with van der Waals surface area (Å²) in [5, 5.41) is 0. The summed E-state index contributed by atoms with van der Waals surface area (Å²) in [5.41, 5.74) is 0. The topological polar surface area (TPSA) is 37.4 Å². The fraction of sp³-hybridized carbons (Fsp3) is 0.800. The molecule has 4 heteroatoms. The molecule has 0 radical (unpaired) electrons. The Morgan fingerprint density at radius 3 is 2.36 bits per heavy atom. The van der Waals surface area contributed by atoms with E-state index in [1.807, 2.05) is 6.26 Å². The molecule has 0 aliphatic heterocycles. The van der Waals surface area contributed by atoms with Crippen LogP contribution in [0.15, 0.2) is 0 Å². The van der Waals surface area contributed by atoms with E-state index in [4.69, 9.17) is 0 Å². The summed E-state index contributed by atoms with van der Waals surface area (Å²) in [7, 11) is 1.77. The van der Waals surface area contributed by atoms with E-state index in [-0.39, 0.29) is 24.2 Å². The quantitative estimate of drug-likeness (QED) is 0.634. The highest BCUT2D eigenvalue weighted by molar-refractivity contribution is 7.98. The lowest BCUT2D eigenvalue weighted by molar-refractivity contribution is -0.135. The lowest BCUT2D eigenvalue weighted by atomic mass is 10.2. The number of Topliss-reactive ketones (excluding diaryl/α,β-unsaturated/α-hetero) is 1. The average molecular weight is 217 g/mol. The summed E-state index contributed by atoms with van der Waals surface area (Å²) in [6.07, 6.45) is 2.98. The number of hydrogen-bond acceptors (Lipinski definition) is 3. The number of thioether (sulfide) groups is 1. The third-order valence-electron chi connectivity index (χ3n) is 2.17. The summed E-state index contributed by atoms with van der Waals surface area (Å²) in [6.45, 7) is 3.50. The molecule has 3 nitrogen and oxygen atoms in total. The Morgan fingerprint density at radius 2 is 2.00 bits per heavy atom. The second kappa shape index (κ2) is 6.87. The summed E-state index contributed by atoms with van der Waals surface area (Å²) in [6, 6.07) is 0.247. The average Bonchev–Trinajstić information content (AvgIpc) is 2.12. The van der Waals surface area contributed by atoms with Crippen molar-refractivity contribution in [2.75, 3.05) is 19.1 Å². The first-order valence-corrected chi connectivity index (χ1v) is 6.16. The molecular weight excluding hydrogens is 198 g/mol. The number of hydrogen-bond donors (Lipinski definition) is 0. The predicted molar refractivity (Wildman–Crippen MR) is 60.5 cm³/mol. The Morgan fingerprint density at radius 1 is 1.43 bits per heavy atom. The molecule has 1 amide bonds. The lowest BCUT2D eigenvalue weighted by Crippen LogP contribution is -2.38. The van der Waals surface area contributed by atoms with Gasteiger partial charge in [0.1, 0.15) is 5.78 Å². The van der Waals surface area contributed by atoms with Crippen LogP contribution in [0.5, 0.6) is 0 Å². The van der Waals surface area contributed by atoms with Crippen LogP contribution in [-0.2, 0) is 9.59 Å². The summed E-state index contributed by atoms with van der Waals surface area (Å²) >= 11 is 1.72. The summed E-state index contributed by atoms with van der Waals surface area (Å²) in [4.78, 5) is 24.0. The van der Waals surface area contributed by atoms with Crippen LogP contribution >= 0.6 is 11.8 Å². The zero-order valence-electron chi connectivity index (χ0n) is 9.37. The number of carbonyl (C=O) groups excluding carboxylic acids is 2. The largest absolute Gasteiger partial charge is 0.342 e. The second-order valence-electron chi connectivity index (χ2n) is 3.40. The van der Waals surface area contributed by atoms with Crippen LogP contribution in [0.2, 0.25) is 0 Å². The van der Waals surface area contributed by atoms with Gasteiger partial charge < -0.3 is 4.90 Å². The van der Waals surface area contributed by atoms with Crippen molar-refractivity contribution >= 4 is 23.5 Å². The van der Waals surface area contributed by atoms with Gasteiger partial charge in [-0.2, -0.15) is 11.8 Å². The van der Waals surface area contributed by atoms with Gasteiger partial charge in [-0.05, 0) is 19.6 Å². The Labute approximate surface area is 90.2 Å². The van der Waals surface area contributed by atoms with Crippen molar-refractivity contribution in [1.29, 1.82) is 0 Å². The van der Waals surface area contributed by atoms with E-state index in [0.717, 1.165) is 12.2 Å². The number of ketones is 1. The van der Waals surface area contributed by atoms with Gasteiger partial charge in [0.15, 0.2) is 0 Å². The summed E-state index contributed by atoms with van der Waals surface area (Å²) in [5.74, 6) is 0.788. The number of carbonyl (C=O) groups is 2.